The molecular formula is C30H23N3O5. The number of carbonyl (C=O) groups excluding carboxylic acids is 3. The Morgan fingerprint density at radius 3 is 1.63 bits per heavy atom. The number of benzene rings is 4. The van der Waals surface area contributed by atoms with E-state index in [9.17, 15) is 19.2 Å². The lowest BCUT2D eigenvalue weighted by atomic mass is 10.1. The van der Waals surface area contributed by atoms with Gasteiger partial charge in [0.05, 0.1) is 5.56 Å². The van der Waals surface area contributed by atoms with E-state index in [4.69, 9.17) is 5.11 Å². The Hall–Kier alpha value is -5.50. The predicted molar refractivity (Wildman–Crippen MR) is 145 cm³/mol. The van der Waals surface area contributed by atoms with Gasteiger partial charge >= 0.3 is 5.97 Å². The molecule has 0 heterocycles. The summed E-state index contributed by atoms with van der Waals surface area (Å²) >= 11 is 0. The smallest absolute Gasteiger partial charge is 0.335 e. The van der Waals surface area contributed by atoms with E-state index >= 15 is 0 Å². The van der Waals surface area contributed by atoms with E-state index in [1.54, 1.807) is 72.8 Å². The van der Waals surface area contributed by atoms with Crippen LogP contribution in [0.5, 0.6) is 0 Å². The highest BCUT2D eigenvalue weighted by molar-refractivity contribution is 6.11. The zero-order valence-electron chi connectivity index (χ0n) is 20.0. The van der Waals surface area contributed by atoms with Crippen LogP contribution in [0.4, 0.5) is 11.4 Å². The van der Waals surface area contributed by atoms with Crippen LogP contribution in [0.25, 0.3) is 6.08 Å². The highest BCUT2D eigenvalue weighted by Crippen LogP contribution is 2.15. The van der Waals surface area contributed by atoms with Crippen LogP contribution < -0.4 is 16.0 Å². The first-order chi connectivity index (χ1) is 18.4. The van der Waals surface area contributed by atoms with Gasteiger partial charge in [0.25, 0.3) is 17.7 Å². The number of aromatic carboxylic acids is 1. The summed E-state index contributed by atoms with van der Waals surface area (Å²) < 4.78 is 0. The molecule has 0 aliphatic carbocycles. The number of carboxylic acids is 1. The van der Waals surface area contributed by atoms with Gasteiger partial charge in [-0.1, -0.05) is 48.5 Å². The van der Waals surface area contributed by atoms with Crippen molar-refractivity contribution in [1.82, 2.24) is 5.32 Å². The highest BCUT2D eigenvalue weighted by Gasteiger charge is 2.16. The van der Waals surface area contributed by atoms with Gasteiger partial charge in [-0.3, -0.25) is 14.4 Å². The molecule has 4 rings (SSSR count). The zero-order chi connectivity index (χ0) is 26.9. The van der Waals surface area contributed by atoms with Gasteiger partial charge in [0.1, 0.15) is 5.70 Å². The monoisotopic (exact) mass is 505 g/mol. The summed E-state index contributed by atoms with van der Waals surface area (Å²) in [5.74, 6) is -2.46. The van der Waals surface area contributed by atoms with Crippen molar-refractivity contribution in [1.29, 1.82) is 0 Å². The maximum absolute atomic E-state index is 13.1. The average molecular weight is 506 g/mol. The van der Waals surface area contributed by atoms with E-state index in [1.807, 2.05) is 12.1 Å². The molecule has 0 saturated heterocycles. The maximum Gasteiger partial charge on any atom is 0.335 e. The molecule has 4 aromatic rings. The normalized spacial score (nSPS) is 10.8. The van der Waals surface area contributed by atoms with Crippen molar-refractivity contribution >= 4 is 41.1 Å². The molecule has 0 radical (unpaired) electrons. The molecular weight excluding hydrogens is 482 g/mol. The molecule has 4 N–H and O–H groups in total. The van der Waals surface area contributed by atoms with Crippen molar-refractivity contribution in [3.8, 4) is 0 Å². The molecule has 0 aliphatic heterocycles. The lowest BCUT2D eigenvalue weighted by Crippen LogP contribution is -2.30. The van der Waals surface area contributed by atoms with E-state index in [2.05, 4.69) is 16.0 Å². The Morgan fingerprint density at radius 2 is 1.05 bits per heavy atom. The van der Waals surface area contributed by atoms with Crippen LogP contribution in [-0.4, -0.2) is 28.8 Å². The molecule has 188 valence electrons. The van der Waals surface area contributed by atoms with Gasteiger partial charge in [-0.15, -0.1) is 0 Å². The van der Waals surface area contributed by atoms with E-state index in [1.165, 1.54) is 30.3 Å². The van der Waals surface area contributed by atoms with Gasteiger partial charge in [-0.25, -0.2) is 4.79 Å². The molecule has 8 nitrogen and oxygen atoms in total. The predicted octanol–water partition coefficient (Wildman–Crippen LogP) is 5.05. The Labute approximate surface area is 218 Å². The second kappa shape index (κ2) is 12.0. The van der Waals surface area contributed by atoms with E-state index in [0.717, 1.165) is 0 Å². The topological polar surface area (TPSA) is 125 Å². The highest BCUT2D eigenvalue weighted by atomic mass is 16.4. The first-order valence-corrected chi connectivity index (χ1v) is 11.6. The second-order valence-electron chi connectivity index (χ2n) is 8.16. The first-order valence-electron chi connectivity index (χ1n) is 11.6. The Balaban J connectivity index is 1.49. The lowest BCUT2D eigenvalue weighted by molar-refractivity contribution is -0.113. The first kappa shape index (κ1) is 25.6. The largest absolute Gasteiger partial charge is 0.478 e. The van der Waals surface area contributed by atoms with Crippen molar-refractivity contribution < 1.29 is 24.3 Å². The summed E-state index contributed by atoms with van der Waals surface area (Å²) in [5.41, 5.74) is 2.43. The van der Waals surface area contributed by atoms with Crippen LogP contribution in [0.1, 0.15) is 36.6 Å². The minimum absolute atomic E-state index is 0.00929. The molecule has 0 bridgehead atoms. The summed E-state index contributed by atoms with van der Waals surface area (Å²) in [6.07, 6.45) is 1.54. The molecule has 0 aliphatic rings. The second-order valence-corrected chi connectivity index (χ2v) is 8.16. The SMILES string of the molecule is O=C(Nc1ccc(C(=O)O)cc1)/C(=C\c1ccccc1)NC(=O)c1ccc(NC(=O)c2ccccc2)cc1. The van der Waals surface area contributed by atoms with Gasteiger partial charge in [-0.2, -0.15) is 0 Å². The summed E-state index contributed by atoms with van der Waals surface area (Å²) in [7, 11) is 0. The minimum Gasteiger partial charge on any atom is -0.478 e. The van der Waals surface area contributed by atoms with Gasteiger partial charge in [0.15, 0.2) is 0 Å². The third kappa shape index (κ3) is 6.79. The molecule has 38 heavy (non-hydrogen) atoms. The summed E-state index contributed by atoms with van der Waals surface area (Å²) in [4.78, 5) is 49.5. The summed E-state index contributed by atoms with van der Waals surface area (Å²) in [5, 5.41) is 17.2. The molecule has 0 fully saturated rings. The van der Waals surface area contributed by atoms with E-state index < -0.39 is 17.8 Å². The number of carboxylic acid groups (broad SMARTS) is 1. The van der Waals surface area contributed by atoms with Crippen molar-refractivity contribution in [3.05, 3.63) is 137 Å². The lowest BCUT2D eigenvalue weighted by Gasteiger charge is -2.12. The van der Waals surface area contributed by atoms with Crippen LogP contribution >= 0.6 is 0 Å². The quantitative estimate of drug-likeness (QED) is 0.250. The van der Waals surface area contributed by atoms with E-state index in [0.29, 0.717) is 22.5 Å². The van der Waals surface area contributed by atoms with Gasteiger partial charge in [-0.05, 0) is 72.3 Å². The van der Waals surface area contributed by atoms with Gasteiger partial charge in [0.2, 0.25) is 0 Å². The molecule has 0 aromatic heterocycles. The fourth-order valence-electron chi connectivity index (χ4n) is 3.46. The molecule has 4 aromatic carbocycles. The number of carbonyl (C=O) groups is 4. The van der Waals surface area contributed by atoms with Gasteiger partial charge < -0.3 is 21.1 Å². The van der Waals surface area contributed by atoms with Crippen LogP contribution in [0.3, 0.4) is 0 Å². The number of rotatable bonds is 8. The number of amides is 3. The zero-order valence-corrected chi connectivity index (χ0v) is 20.0. The summed E-state index contributed by atoms with van der Waals surface area (Å²) in [6.45, 7) is 0. The van der Waals surface area contributed by atoms with Crippen molar-refractivity contribution in [3.63, 3.8) is 0 Å². The van der Waals surface area contributed by atoms with Crippen LogP contribution in [0.2, 0.25) is 0 Å². The number of nitrogens with one attached hydrogen (secondary N) is 3. The Kier molecular flexibility index (Phi) is 8.05. The standard InChI is InChI=1S/C30H23N3O5/c34-27(21-9-5-2-6-10-21)31-24-15-11-22(12-16-24)28(35)33-26(19-20-7-3-1-4-8-20)29(36)32-25-17-13-23(14-18-25)30(37)38/h1-19H,(H,31,34)(H,32,36)(H,33,35)(H,37,38)/b26-19+. The van der Waals surface area contributed by atoms with Crippen molar-refractivity contribution in [2.24, 2.45) is 0 Å². The van der Waals surface area contributed by atoms with Crippen LogP contribution in [0, 0.1) is 0 Å². The average Bonchev–Trinajstić information content (AvgIpc) is 2.94. The maximum atomic E-state index is 13.1. The van der Waals surface area contributed by atoms with Crippen LogP contribution in [0.15, 0.2) is 115 Å². The van der Waals surface area contributed by atoms with E-state index in [-0.39, 0.29) is 22.7 Å². The number of anilines is 2. The molecule has 8 heteroatoms. The fourth-order valence-corrected chi connectivity index (χ4v) is 3.46. The molecule has 0 atom stereocenters. The van der Waals surface area contributed by atoms with Crippen LogP contribution in [-0.2, 0) is 4.79 Å². The third-order valence-corrected chi connectivity index (χ3v) is 5.43. The Morgan fingerprint density at radius 1 is 0.553 bits per heavy atom. The molecule has 0 spiro atoms. The Bertz CT molecular complexity index is 1480. The summed E-state index contributed by atoms with van der Waals surface area (Å²) in [6, 6.07) is 29.7. The number of hydrogen-bond acceptors (Lipinski definition) is 4. The molecule has 0 unspecified atom stereocenters. The minimum atomic E-state index is -1.08. The van der Waals surface area contributed by atoms with Gasteiger partial charge in [0, 0.05) is 22.5 Å². The number of hydrogen-bond donors (Lipinski definition) is 4. The molecule has 3 amide bonds. The van der Waals surface area contributed by atoms with Crippen molar-refractivity contribution in [2.45, 2.75) is 0 Å². The third-order valence-electron chi connectivity index (χ3n) is 5.43. The fraction of sp³-hybridized carbons (Fsp3) is 0. The molecule has 0 saturated carbocycles. The van der Waals surface area contributed by atoms with Crippen molar-refractivity contribution in [2.75, 3.05) is 10.6 Å².